The number of benzene rings is 5. The smallest absolute Gasteiger partial charge is 0.316 e. The van der Waals surface area contributed by atoms with Crippen LogP contribution in [0.2, 0.25) is 36.3 Å². The van der Waals surface area contributed by atoms with Crippen LogP contribution in [0.15, 0.2) is 138 Å². The number of hydrogen-bond donors (Lipinski definition) is 0. The highest BCUT2D eigenvalue weighted by atomic mass is 32.2. The van der Waals surface area contributed by atoms with E-state index in [1.165, 1.54) is 0 Å². The molecule has 0 bridgehead atoms. The highest BCUT2D eigenvalue weighted by Crippen LogP contribution is 2.27. The molecule has 0 aliphatic heterocycles. The Morgan fingerprint density at radius 3 is 1.35 bits per heavy atom. The number of rotatable bonds is 28. The van der Waals surface area contributed by atoms with Crippen LogP contribution in [-0.2, 0) is 64.6 Å². The first-order chi connectivity index (χ1) is 35.9. The summed E-state index contributed by atoms with van der Waals surface area (Å²) >= 11 is 0. The SMILES string of the molecule is CCOC(=O)C(C(=O)Cc1ccc(-c2ccccc2)cc1)[C@@H](C)CO[Si](CC)(CC)CC.CCOC(=O)CC(=O)Cc1ccc(-c2ccccc2)cc1.CC[Si](CC)(CC)OC[C@@H](C)OS(=O)(=O)c1ccc(C)cc1. The van der Waals surface area contributed by atoms with Gasteiger partial charge in [0.25, 0.3) is 10.1 Å². The standard InChI is InChI=1S/C27H38O4Si.C18H18O3.C16H28O4SSi/c1-6-30-27(29)26(21(5)20-31-32(7-2,8-3)9-4)25(28)19-22-15-17-24(18-16-22)23-13-11-10-12-14-23;1-2-21-18(20)13-17(19)12-14-8-10-16(11-9-14)15-6-4-3-5-7-15;1-6-22(7-2,8-3)19-13-15(5)20-21(17,18)16-11-9-14(4)10-12-16/h10-18,21,26H,6-9,19-20H2,1-5H3;3-11H,2,12-13H2,1H3;9-12,15H,6-8,13H2,1-5H3/t21-,26?;;15-/m0.1/s1. The Kier molecular flexibility index (Phi) is 28.1. The van der Waals surface area contributed by atoms with Gasteiger partial charge in [0.05, 0.1) is 30.8 Å². The first-order valence-electron chi connectivity index (χ1n) is 26.8. The maximum Gasteiger partial charge on any atom is 0.316 e. The van der Waals surface area contributed by atoms with Crippen molar-refractivity contribution in [1.82, 2.24) is 0 Å². The van der Waals surface area contributed by atoms with Crippen molar-refractivity contribution in [3.05, 3.63) is 150 Å². The van der Waals surface area contributed by atoms with E-state index in [9.17, 15) is 27.6 Å². The zero-order valence-electron chi connectivity index (χ0n) is 46.5. The molecule has 0 saturated carbocycles. The molecule has 0 aliphatic rings. The van der Waals surface area contributed by atoms with Gasteiger partial charge in [0.2, 0.25) is 0 Å². The third-order valence-electron chi connectivity index (χ3n) is 13.7. The third-order valence-corrected chi connectivity index (χ3v) is 24.5. The Morgan fingerprint density at radius 2 is 0.920 bits per heavy atom. The van der Waals surface area contributed by atoms with Crippen LogP contribution in [0.4, 0.5) is 0 Å². The second-order valence-corrected chi connectivity index (χ2v) is 30.1. The quantitative estimate of drug-likeness (QED) is 0.0204. The molecule has 14 heteroatoms. The number of hydrogen-bond acceptors (Lipinski definition) is 11. The van der Waals surface area contributed by atoms with E-state index in [1.54, 1.807) is 45.0 Å². The van der Waals surface area contributed by atoms with Crippen molar-refractivity contribution < 1.29 is 50.1 Å². The summed E-state index contributed by atoms with van der Waals surface area (Å²) in [4.78, 5) is 49.1. The number of Topliss-reactive ketones (excluding diaryl/α,β-unsaturated/α-hetero) is 2. The molecule has 0 aromatic heterocycles. The van der Waals surface area contributed by atoms with E-state index in [1.807, 2.05) is 111 Å². The first kappa shape index (κ1) is 63.9. The zero-order valence-corrected chi connectivity index (χ0v) is 49.3. The van der Waals surface area contributed by atoms with Crippen molar-refractivity contribution in [3.8, 4) is 22.3 Å². The maximum absolute atomic E-state index is 13.2. The topological polar surface area (TPSA) is 149 Å². The Hall–Kier alpha value is -5.36. The van der Waals surface area contributed by atoms with Crippen molar-refractivity contribution in [2.24, 2.45) is 11.8 Å². The molecule has 0 aliphatic carbocycles. The number of aryl methyl sites for hydroxylation is 1. The predicted octanol–water partition coefficient (Wildman–Crippen LogP) is 13.8. The number of ketones is 2. The number of carbonyl (C=O) groups excluding carboxylic acids is 4. The summed E-state index contributed by atoms with van der Waals surface area (Å²) in [7, 11) is -7.24. The second-order valence-electron chi connectivity index (χ2n) is 19.0. The summed E-state index contributed by atoms with van der Waals surface area (Å²) in [5.74, 6) is -2.15. The van der Waals surface area contributed by atoms with E-state index in [-0.39, 0.29) is 48.2 Å². The lowest BCUT2D eigenvalue weighted by Gasteiger charge is -2.31. The van der Waals surface area contributed by atoms with Crippen molar-refractivity contribution in [3.63, 3.8) is 0 Å². The summed E-state index contributed by atoms with van der Waals surface area (Å²) in [5.41, 5.74) is 7.31. The van der Waals surface area contributed by atoms with Crippen molar-refractivity contribution in [2.45, 2.75) is 143 Å². The van der Waals surface area contributed by atoms with Gasteiger partial charge in [-0.25, -0.2) is 0 Å². The van der Waals surface area contributed by atoms with Crippen LogP contribution in [0.1, 0.15) is 92.3 Å². The van der Waals surface area contributed by atoms with Crippen LogP contribution >= 0.6 is 0 Å². The summed E-state index contributed by atoms with van der Waals surface area (Å²) in [6.07, 6.45) is -0.175. The zero-order chi connectivity index (χ0) is 55.4. The Morgan fingerprint density at radius 1 is 0.507 bits per heavy atom. The Balaban J connectivity index is 0.000000306. The van der Waals surface area contributed by atoms with Gasteiger partial charge in [0.1, 0.15) is 18.1 Å². The lowest BCUT2D eigenvalue weighted by atomic mass is 9.87. The molecule has 75 heavy (non-hydrogen) atoms. The van der Waals surface area contributed by atoms with Gasteiger partial charge in [-0.3, -0.25) is 23.4 Å². The fourth-order valence-corrected chi connectivity index (χ4v) is 15.1. The molecule has 11 nitrogen and oxygen atoms in total. The van der Waals surface area contributed by atoms with Gasteiger partial charge in [-0.1, -0.05) is 175 Å². The summed E-state index contributed by atoms with van der Waals surface area (Å²) < 4.78 is 52.2. The van der Waals surface area contributed by atoms with Gasteiger partial charge in [-0.2, -0.15) is 8.42 Å². The molecule has 3 atom stereocenters. The van der Waals surface area contributed by atoms with Crippen molar-refractivity contribution in [2.75, 3.05) is 26.4 Å². The second kappa shape index (κ2) is 32.9. The molecule has 1 unspecified atom stereocenters. The fourth-order valence-electron chi connectivity index (χ4n) is 8.59. The molecule has 408 valence electrons. The third kappa shape index (κ3) is 21.3. The van der Waals surface area contributed by atoms with Crippen LogP contribution in [0.5, 0.6) is 0 Å². The number of ether oxygens (including phenoxy) is 2. The molecule has 0 saturated heterocycles. The molecule has 0 radical (unpaired) electrons. The molecular weight excluding hydrogens is 997 g/mol. The van der Waals surface area contributed by atoms with Crippen LogP contribution in [-0.4, -0.2) is 81.1 Å². The first-order valence-corrected chi connectivity index (χ1v) is 33.3. The fraction of sp³-hybridized carbons (Fsp3) is 0.443. The molecule has 5 aromatic carbocycles. The van der Waals surface area contributed by atoms with Gasteiger partial charge in [-0.05, 0) is 115 Å². The van der Waals surface area contributed by atoms with Gasteiger partial charge in [0, 0.05) is 19.4 Å². The molecule has 0 heterocycles. The van der Waals surface area contributed by atoms with Crippen molar-refractivity contribution >= 4 is 50.3 Å². The van der Waals surface area contributed by atoms with E-state index in [0.717, 1.165) is 75.2 Å². The summed E-state index contributed by atoms with van der Waals surface area (Å²) in [6.45, 7) is 23.4. The molecule has 0 amide bonds. The van der Waals surface area contributed by atoms with Gasteiger partial charge < -0.3 is 18.3 Å². The van der Waals surface area contributed by atoms with Crippen LogP contribution in [0.3, 0.4) is 0 Å². The average molecular weight is 1080 g/mol. The van der Waals surface area contributed by atoms with E-state index in [2.05, 4.69) is 53.7 Å². The molecule has 0 N–H and O–H groups in total. The van der Waals surface area contributed by atoms with Gasteiger partial charge in [-0.15, -0.1) is 0 Å². The molecular formula is C61H84O11SSi2. The molecule has 0 spiro atoms. The van der Waals surface area contributed by atoms with Gasteiger partial charge >= 0.3 is 11.9 Å². The largest absolute Gasteiger partial charge is 0.466 e. The van der Waals surface area contributed by atoms with Crippen LogP contribution in [0, 0.1) is 18.8 Å². The Bertz CT molecular complexity index is 2550. The van der Waals surface area contributed by atoms with Crippen LogP contribution < -0.4 is 0 Å². The van der Waals surface area contributed by atoms with Crippen molar-refractivity contribution in [1.29, 1.82) is 0 Å². The average Bonchev–Trinajstić information content (AvgIpc) is 3.41. The predicted molar refractivity (Wildman–Crippen MR) is 307 cm³/mol. The minimum atomic E-state index is -3.73. The lowest BCUT2D eigenvalue weighted by Crippen LogP contribution is -2.41. The number of esters is 2. The highest BCUT2D eigenvalue weighted by molar-refractivity contribution is 7.86. The Labute approximate surface area is 451 Å². The minimum absolute atomic E-state index is 0.108. The highest BCUT2D eigenvalue weighted by Gasteiger charge is 2.36. The minimum Gasteiger partial charge on any atom is -0.466 e. The molecule has 5 aromatic rings. The van der Waals surface area contributed by atoms with E-state index >= 15 is 0 Å². The normalized spacial score (nSPS) is 12.7. The molecule has 5 rings (SSSR count). The lowest BCUT2D eigenvalue weighted by molar-refractivity contribution is -0.154. The monoisotopic (exact) mass is 1080 g/mol. The summed E-state index contributed by atoms with van der Waals surface area (Å²) in [6, 6.07) is 48.9. The van der Waals surface area contributed by atoms with E-state index in [4.69, 9.17) is 22.5 Å². The maximum atomic E-state index is 13.2. The van der Waals surface area contributed by atoms with Crippen LogP contribution in [0.25, 0.3) is 22.3 Å². The summed E-state index contributed by atoms with van der Waals surface area (Å²) in [5, 5.41) is 0. The van der Waals surface area contributed by atoms with E-state index in [0.29, 0.717) is 19.8 Å². The van der Waals surface area contributed by atoms with Gasteiger partial charge in [0.15, 0.2) is 22.4 Å². The van der Waals surface area contributed by atoms with E-state index < -0.39 is 50.7 Å². The number of carbonyl (C=O) groups is 4. The molecule has 0 fully saturated rings.